The third-order valence-corrected chi connectivity index (χ3v) is 4.68. The van der Waals surface area contributed by atoms with Gasteiger partial charge in [-0.05, 0) is 35.4 Å². The number of rotatable bonds is 7. The fourth-order valence-corrected chi connectivity index (χ4v) is 3.27. The van der Waals surface area contributed by atoms with Gasteiger partial charge in [0.1, 0.15) is 11.5 Å². The number of phenols is 1. The lowest BCUT2D eigenvalue weighted by Crippen LogP contribution is -2.18. The van der Waals surface area contributed by atoms with Gasteiger partial charge >= 0.3 is 12.3 Å². The highest BCUT2D eigenvalue weighted by Crippen LogP contribution is 2.30. The number of methoxy groups -OCH3 is 1. The Morgan fingerprint density at radius 3 is 2.29 bits per heavy atom. The third kappa shape index (κ3) is 5.68. The summed E-state index contributed by atoms with van der Waals surface area (Å²) in [6, 6.07) is 11.3. The van der Waals surface area contributed by atoms with E-state index in [1.807, 2.05) is 0 Å². The van der Waals surface area contributed by atoms with Crippen molar-refractivity contribution in [1.82, 2.24) is 10.2 Å². The standard InChI is InChI=1S/C21H19F3N2O5/c1-30-18(28)11-16(13-4-6-14(27)7-5-13)19-17(25-26-20(19)29)10-12-2-8-15(9-3-12)31-21(22,23)24/h2-9,16,27H,10-11H2,1H3,(H2,25,26,29)/t16-/m1/s1. The van der Waals surface area contributed by atoms with Crippen LogP contribution in [0.2, 0.25) is 0 Å². The summed E-state index contributed by atoms with van der Waals surface area (Å²) in [7, 11) is 1.24. The van der Waals surface area contributed by atoms with Crippen molar-refractivity contribution in [2.75, 3.05) is 7.11 Å². The zero-order valence-corrected chi connectivity index (χ0v) is 16.3. The van der Waals surface area contributed by atoms with Gasteiger partial charge in [-0.3, -0.25) is 14.7 Å². The van der Waals surface area contributed by atoms with Gasteiger partial charge in [0.15, 0.2) is 0 Å². The first kappa shape index (κ1) is 22.0. The molecule has 1 aromatic heterocycles. The SMILES string of the molecule is COC(=O)C[C@H](c1ccc(O)cc1)c1c(Cc2ccc(OC(F)(F)F)cc2)[nH][nH]c1=O. The summed E-state index contributed by atoms with van der Waals surface area (Å²) >= 11 is 0. The molecular formula is C21H19F3N2O5. The Kier molecular flexibility index (Phi) is 6.38. The van der Waals surface area contributed by atoms with E-state index in [0.717, 1.165) is 0 Å². The fraction of sp³-hybridized carbons (Fsp3) is 0.238. The molecule has 3 N–H and O–H groups in total. The maximum atomic E-state index is 12.6. The third-order valence-electron chi connectivity index (χ3n) is 4.68. The summed E-state index contributed by atoms with van der Waals surface area (Å²) in [5.74, 6) is -1.51. The lowest BCUT2D eigenvalue weighted by Gasteiger charge is -2.16. The van der Waals surface area contributed by atoms with E-state index in [4.69, 9.17) is 4.74 Å². The van der Waals surface area contributed by atoms with Gasteiger partial charge in [0, 0.05) is 23.6 Å². The quantitative estimate of drug-likeness (QED) is 0.491. The first-order chi connectivity index (χ1) is 14.7. The number of carbonyl (C=O) groups is 1. The molecule has 3 aromatic rings. The van der Waals surface area contributed by atoms with Crippen LogP contribution in [0, 0.1) is 0 Å². The molecule has 0 fully saturated rings. The maximum absolute atomic E-state index is 12.6. The van der Waals surface area contributed by atoms with Crippen LogP contribution in [0.3, 0.4) is 0 Å². The average molecular weight is 436 g/mol. The van der Waals surface area contributed by atoms with E-state index >= 15 is 0 Å². The zero-order chi connectivity index (χ0) is 22.6. The summed E-state index contributed by atoms with van der Waals surface area (Å²) in [4.78, 5) is 24.5. The van der Waals surface area contributed by atoms with Crippen molar-refractivity contribution in [1.29, 1.82) is 0 Å². The normalized spacial score (nSPS) is 12.4. The number of phenolic OH excluding ortho intramolecular Hbond substituents is 1. The first-order valence-electron chi connectivity index (χ1n) is 9.16. The Bertz CT molecular complexity index is 1090. The van der Waals surface area contributed by atoms with E-state index < -0.39 is 23.8 Å². The first-order valence-corrected chi connectivity index (χ1v) is 9.16. The number of hydrogen-bond donors (Lipinski definition) is 3. The van der Waals surface area contributed by atoms with Crippen molar-refractivity contribution < 1.29 is 32.5 Å². The van der Waals surface area contributed by atoms with Crippen LogP contribution in [0.5, 0.6) is 11.5 Å². The maximum Gasteiger partial charge on any atom is 0.573 e. The Balaban J connectivity index is 1.92. The van der Waals surface area contributed by atoms with Crippen LogP contribution in [0.4, 0.5) is 13.2 Å². The van der Waals surface area contributed by atoms with Crippen molar-refractivity contribution >= 4 is 5.97 Å². The lowest BCUT2D eigenvalue weighted by atomic mass is 9.87. The summed E-state index contributed by atoms with van der Waals surface area (Å²) in [6.45, 7) is 0. The second-order valence-corrected chi connectivity index (χ2v) is 6.76. The smallest absolute Gasteiger partial charge is 0.508 e. The van der Waals surface area contributed by atoms with Crippen LogP contribution in [0.1, 0.15) is 34.7 Å². The van der Waals surface area contributed by atoms with E-state index in [1.165, 1.54) is 43.5 Å². The van der Waals surface area contributed by atoms with E-state index in [2.05, 4.69) is 14.9 Å². The van der Waals surface area contributed by atoms with Crippen molar-refractivity contribution in [2.45, 2.75) is 25.1 Å². The number of H-pyrrole nitrogens is 2. The van der Waals surface area contributed by atoms with Crippen LogP contribution < -0.4 is 10.3 Å². The lowest BCUT2D eigenvalue weighted by molar-refractivity contribution is -0.274. The molecule has 0 amide bonds. The van der Waals surface area contributed by atoms with E-state index in [0.29, 0.717) is 22.4 Å². The molecule has 0 radical (unpaired) electrons. The molecular weight excluding hydrogens is 417 g/mol. The van der Waals surface area contributed by atoms with Crippen molar-refractivity contribution in [2.24, 2.45) is 0 Å². The molecule has 0 bridgehead atoms. The second kappa shape index (κ2) is 8.99. The zero-order valence-electron chi connectivity index (χ0n) is 16.3. The molecule has 1 atom stereocenters. The van der Waals surface area contributed by atoms with Gasteiger partial charge in [-0.15, -0.1) is 13.2 Å². The molecule has 3 rings (SSSR count). The number of benzene rings is 2. The monoisotopic (exact) mass is 436 g/mol. The predicted molar refractivity (Wildman–Crippen MR) is 104 cm³/mol. The van der Waals surface area contributed by atoms with Crippen molar-refractivity contribution in [3.63, 3.8) is 0 Å². The average Bonchev–Trinajstić information content (AvgIpc) is 3.07. The number of carbonyl (C=O) groups excluding carboxylic acids is 1. The number of aromatic nitrogens is 2. The van der Waals surface area contributed by atoms with Crippen LogP contribution in [-0.4, -0.2) is 34.7 Å². The van der Waals surface area contributed by atoms with Gasteiger partial charge in [0.2, 0.25) is 0 Å². The minimum Gasteiger partial charge on any atom is -0.508 e. The van der Waals surface area contributed by atoms with Crippen molar-refractivity contribution in [3.8, 4) is 11.5 Å². The predicted octanol–water partition coefficient (Wildman–Crippen LogP) is 3.59. The van der Waals surface area contributed by atoms with E-state index in [1.54, 1.807) is 12.1 Å². The molecule has 164 valence electrons. The highest BCUT2D eigenvalue weighted by Gasteiger charge is 2.31. The van der Waals surface area contributed by atoms with Crippen LogP contribution in [0.15, 0.2) is 53.3 Å². The summed E-state index contributed by atoms with van der Waals surface area (Å²) in [5, 5.41) is 14.8. The minimum absolute atomic E-state index is 0.0323. The minimum atomic E-state index is -4.79. The molecule has 7 nitrogen and oxygen atoms in total. The molecule has 0 aliphatic rings. The number of esters is 1. The highest BCUT2D eigenvalue weighted by molar-refractivity contribution is 5.71. The van der Waals surface area contributed by atoms with Gasteiger partial charge in [-0.2, -0.15) is 0 Å². The molecule has 0 aliphatic carbocycles. The topological polar surface area (TPSA) is 104 Å². The van der Waals surface area contributed by atoms with Crippen LogP contribution in [0.25, 0.3) is 0 Å². The Morgan fingerprint density at radius 2 is 1.71 bits per heavy atom. The van der Waals surface area contributed by atoms with Crippen LogP contribution in [-0.2, 0) is 16.0 Å². The van der Waals surface area contributed by atoms with Crippen molar-refractivity contribution in [3.05, 3.63) is 81.3 Å². The molecule has 1 heterocycles. The van der Waals surface area contributed by atoms with Gasteiger partial charge in [0.05, 0.1) is 13.5 Å². The van der Waals surface area contributed by atoms with Gasteiger partial charge < -0.3 is 19.7 Å². The summed E-state index contributed by atoms with van der Waals surface area (Å²) < 4.78 is 45.6. The summed E-state index contributed by atoms with van der Waals surface area (Å²) in [6.07, 6.45) is -4.71. The van der Waals surface area contributed by atoms with E-state index in [-0.39, 0.29) is 24.3 Å². The number of aromatic hydroxyl groups is 1. The fourth-order valence-electron chi connectivity index (χ4n) is 3.27. The second-order valence-electron chi connectivity index (χ2n) is 6.76. The number of aromatic amines is 2. The molecule has 2 aromatic carbocycles. The molecule has 0 saturated carbocycles. The highest BCUT2D eigenvalue weighted by atomic mass is 19.4. The van der Waals surface area contributed by atoms with E-state index in [9.17, 15) is 27.9 Å². The number of hydrogen-bond acceptors (Lipinski definition) is 5. The molecule has 31 heavy (non-hydrogen) atoms. The van der Waals surface area contributed by atoms with Crippen LogP contribution >= 0.6 is 0 Å². The number of nitrogens with one attached hydrogen (secondary N) is 2. The van der Waals surface area contributed by atoms with Gasteiger partial charge in [-0.1, -0.05) is 24.3 Å². The van der Waals surface area contributed by atoms with Gasteiger partial charge in [0.25, 0.3) is 5.56 Å². The molecule has 0 aliphatic heterocycles. The number of ether oxygens (including phenoxy) is 2. The molecule has 0 spiro atoms. The van der Waals surface area contributed by atoms with Gasteiger partial charge in [-0.25, -0.2) is 0 Å². The molecule has 0 saturated heterocycles. The largest absolute Gasteiger partial charge is 0.573 e. The Labute approximate surface area is 174 Å². The number of alkyl halides is 3. The molecule has 10 heteroatoms. The Morgan fingerprint density at radius 1 is 1.06 bits per heavy atom. The number of halogens is 3. The summed E-state index contributed by atoms with van der Waals surface area (Å²) in [5.41, 5.74) is 1.56. The molecule has 0 unspecified atom stereocenters. The Hall–Kier alpha value is -3.69.